The van der Waals surface area contributed by atoms with Crippen LogP contribution in [0.2, 0.25) is 0 Å². The second-order valence-electron chi connectivity index (χ2n) is 6.11. The molecule has 1 amide bonds. The number of morpholine rings is 1. The Morgan fingerprint density at radius 1 is 1.24 bits per heavy atom. The van der Waals surface area contributed by atoms with Gasteiger partial charge in [-0.1, -0.05) is 0 Å². The van der Waals surface area contributed by atoms with Crippen molar-refractivity contribution in [3.05, 3.63) is 28.8 Å². The van der Waals surface area contributed by atoms with Crippen LogP contribution >= 0.6 is 11.3 Å². The van der Waals surface area contributed by atoms with Gasteiger partial charge in [-0.2, -0.15) is 5.10 Å². The zero-order valence-electron chi connectivity index (χ0n) is 16.6. The molecule has 0 bridgehead atoms. The van der Waals surface area contributed by atoms with Gasteiger partial charge in [-0.3, -0.25) is 4.79 Å². The number of hydrogen-bond acceptors (Lipinski definition) is 9. The maximum Gasteiger partial charge on any atom is 0.246 e. The molecule has 3 rings (SSSR count). The maximum absolute atomic E-state index is 12.2. The zero-order chi connectivity index (χ0) is 20.6. The summed E-state index contributed by atoms with van der Waals surface area (Å²) < 4.78 is 21.3. The smallest absolute Gasteiger partial charge is 0.246 e. The van der Waals surface area contributed by atoms with Crippen LogP contribution in [0.5, 0.6) is 17.2 Å². The molecule has 9 nitrogen and oxygen atoms in total. The van der Waals surface area contributed by atoms with Crippen LogP contribution in [0.3, 0.4) is 0 Å². The third kappa shape index (κ3) is 5.15. The van der Waals surface area contributed by atoms with Crippen molar-refractivity contribution in [2.24, 2.45) is 5.10 Å². The van der Waals surface area contributed by atoms with Crippen LogP contribution in [-0.2, 0) is 16.0 Å². The third-order valence-electron chi connectivity index (χ3n) is 4.29. The minimum Gasteiger partial charge on any atom is -0.493 e. The van der Waals surface area contributed by atoms with Crippen molar-refractivity contribution in [1.82, 2.24) is 10.4 Å². The number of carbonyl (C=O) groups is 1. The molecule has 1 aromatic heterocycles. The lowest BCUT2D eigenvalue weighted by Crippen LogP contribution is -2.36. The minimum atomic E-state index is -0.250. The molecule has 0 unspecified atom stereocenters. The molecule has 1 N–H and O–H groups in total. The molecule has 0 aliphatic carbocycles. The van der Waals surface area contributed by atoms with Crippen LogP contribution in [0.1, 0.15) is 11.3 Å². The van der Waals surface area contributed by atoms with Gasteiger partial charge in [-0.05, 0) is 12.1 Å². The van der Waals surface area contributed by atoms with E-state index in [-0.39, 0.29) is 12.3 Å². The number of hydrazone groups is 1. The van der Waals surface area contributed by atoms with E-state index in [1.54, 1.807) is 19.2 Å². The molecule has 10 heteroatoms. The molecular weight excluding hydrogens is 396 g/mol. The van der Waals surface area contributed by atoms with Crippen molar-refractivity contribution in [2.45, 2.75) is 6.42 Å². The van der Waals surface area contributed by atoms with E-state index in [0.29, 0.717) is 41.7 Å². The van der Waals surface area contributed by atoms with Crippen molar-refractivity contribution in [1.29, 1.82) is 0 Å². The van der Waals surface area contributed by atoms with E-state index in [1.807, 2.05) is 5.38 Å². The summed E-state index contributed by atoms with van der Waals surface area (Å²) in [5.41, 5.74) is 3.88. The molecule has 1 saturated heterocycles. The third-order valence-corrected chi connectivity index (χ3v) is 5.24. The SMILES string of the molecule is COc1ccc(/C=N\NC(=O)Cc2csc(N3CCOCC3)n2)c(OC)c1OC. The van der Waals surface area contributed by atoms with Crippen LogP contribution in [-0.4, -0.2) is 64.7 Å². The topological polar surface area (TPSA) is 94.5 Å². The van der Waals surface area contributed by atoms with E-state index < -0.39 is 0 Å². The molecule has 2 heterocycles. The van der Waals surface area contributed by atoms with Gasteiger partial charge in [0, 0.05) is 24.0 Å². The highest BCUT2D eigenvalue weighted by Gasteiger charge is 2.16. The number of benzene rings is 1. The Hall–Kier alpha value is -2.85. The standard InChI is InChI=1S/C19H24N4O5S/c1-25-15-5-4-13(17(26-2)18(15)27-3)11-20-22-16(24)10-14-12-29-19(21-14)23-6-8-28-9-7-23/h4-5,11-12H,6-10H2,1-3H3,(H,22,24)/b20-11-. The number of rotatable bonds is 8. The maximum atomic E-state index is 12.2. The van der Waals surface area contributed by atoms with Crippen molar-refractivity contribution in [3.8, 4) is 17.2 Å². The number of nitrogens with zero attached hydrogens (tertiary/aromatic N) is 3. The number of hydrogen-bond donors (Lipinski definition) is 1. The molecular formula is C19H24N4O5S. The van der Waals surface area contributed by atoms with Gasteiger partial charge in [0.05, 0.1) is 52.9 Å². The fraction of sp³-hybridized carbons (Fsp3) is 0.421. The van der Waals surface area contributed by atoms with Gasteiger partial charge in [0.25, 0.3) is 0 Å². The van der Waals surface area contributed by atoms with Gasteiger partial charge in [0.2, 0.25) is 11.7 Å². The fourth-order valence-electron chi connectivity index (χ4n) is 2.88. The number of ether oxygens (including phenoxy) is 4. The Bertz CT molecular complexity index is 864. The second-order valence-corrected chi connectivity index (χ2v) is 6.95. The number of methoxy groups -OCH3 is 3. The summed E-state index contributed by atoms with van der Waals surface area (Å²) in [5.74, 6) is 1.23. The first kappa shape index (κ1) is 20.9. The molecule has 0 radical (unpaired) electrons. The zero-order valence-corrected chi connectivity index (χ0v) is 17.5. The van der Waals surface area contributed by atoms with Crippen molar-refractivity contribution in [3.63, 3.8) is 0 Å². The van der Waals surface area contributed by atoms with Crippen LogP contribution in [0.15, 0.2) is 22.6 Å². The molecule has 0 atom stereocenters. The molecule has 1 aliphatic heterocycles. The number of nitrogens with one attached hydrogen (secondary N) is 1. The number of thiazole rings is 1. The van der Waals surface area contributed by atoms with E-state index in [9.17, 15) is 4.79 Å². The number of aromatic nitrogens is 1. The summed E-state index contributed by atoms with van der Waals surface area (Å²) in [6.45, 7) is 3.03. The Kier molecular flexibility index (Phi) is 7.25. The minimum absolute atomic E-state index is 0.154. The first-order valence-electron chi connectivity index (χ1n) is 9.04. The normalized spacial score (nSPS) is 14.1. The van der Waals surface area contributed by atoms with Gasteiger partial charge < -0.3 is 23.8 Å². The number of amides is 1. The predicted molar refractivity (Wildman–Crippen MR) is 111 cm³/mol. The lowest BCUT2D eigenvalue weighted by molar-refractivity contribution is -0.120. The van der Waals surface area contributed by atoms with Crippen LogP contribution < -0.4 is 24.5 Å². The highest BCUT2D eigenvalue weighted by molar-refractivity contribution is 7.13. The molecule has 29 heavy (non-hydrogen) atoms. The lowest BCUT2D eigenvalue weighted by atomic mass is 10.2. The molecule has 0 spiro atoms. The monoisotopic (exact) mass is 420 g/mol. The summed E-state index contributed by atoms with van der Waals surface area (Å²) >= 11 is 1.53. The van der Waals surface area contributed by atoms with Crippen molar-refractivity contribution >= 4 is 28.6 Å². The van der Waals surface area contributed by atoms with Gasteiger partial charge in [-0.15, -0.1) is 11.3 Å². The molecule has 1 fully saturated rings. The Labute approximate surface area is 173 Å². The summed E-state index contributed by atoms with van der Waals surface area (Å²) in [7, 11) is 4.61. The predicted octanol–water partition coefficient (Wildman–Crippen LogP) is 1.70. The lowest BCUT2D eigenvalue weighted by Gasteiger charge is -2.26. The van der Waals surface area contributed by atoms with Crippen molar-refractivity contribution < 1.29 is 23.7 Å². The molecule has 0 saturated carbocycles. The van der Waals surface area contributed by atoms with E-state index >= 15 is 0 Å². The van der Waals surface area contributed by atoms with E-state index in [2.05, 4.69) is 20.4 Å². The van der Waals surface area contributed by atoms with Gasteiger partial charge >= 0.3 is 0 Å². The Balaban J connectivity index is 1.59. The number of anilines is 1. The summed E-state index contributed by atoms with van der Waals surface area (Å²) in [6, 6.07) is 3.51. The van der Waals surface area contributed by atoms with Crippen molar-refractivity contribution in [2.75, 3.05) is 52.5 Å². The summed E-state index contributed by atoms with van der Waals surface area (Å²) in [4.78, 5) is 18.9. The molecule has 1 aliphatic rings. The first-order valence-corrected chi connectivity index (χ1v) is 9.92. The first-order chi connectivity index (χ1) is 14.2. The summed E-state index contributed by atoms with van der Waals surface area (Å²) in [5, 5.41) is 6.83. The average Bonchev–Trinajstić information content (AvgIpc) is 3.22. The highest BCUT2D eigenvalue weighted by atomic mass is 32.1. The number of carbonyl (C=O) groups excluding carboxylic acids is 1. The quantitative estimate of drug-likeness (QED) is 0.513. The van der Waals surface area contributed by atoms with Gasteiger partial charge in [0.15, 0.2) is 16.6 Å². The van der Waals surface area contributed by atoms with Gasteiger partial charge in [0.1, 0.15) is 0 Å². The fourth-order valence-corrected chi connectivity index (χ4v) is 3.76. The van der Waals surface area contributed by atoms with E-state index in [1.165, 1.54) is 31.8 Å². The van der Waals surface area contributed by atoms with E-state index in [0.717, 1.165) is 18.2 Å². The molecule has 1 aromatic carbocycles. The van der Waals surface area contributed by atoms with Crippen LogP contribution in [0, 0.1) is 0 Å². The van der Waals surface area contributed by atoms with Crippen LogP contribution in [0.25, 0.3) is 0 Å². The summed E-state index contributed by atoms with van der Waals surface area (Å²) in [6.07, 6.45) is 1.65. The molecule has 2 aromatic rings. The van der Waals surface area contributed by atoms with Gasteiger partial charge in [-0.25, -0.2) is 10.4 Å². The molecule has 156 valence electrons. The highest BCUT2D eigenvalue weighted by Crippen LogP contribution is 2.38. The Morgan fingerprint density at radius 3 is 2.69 bits per heavy atom. The van der Waals surface area contributed by atoms with Crippen LogP contribution in [0.4, 0.5) is 5.13 Å². The average molecular weight is 420 g/mol. The second kappa shape index (κ2) is 10.1. The Morgan fingerprint density at radius 2 is 2.00 bits per heavy atom. The van der Waals surface area contributed by atoms with E-state index in [4.69, 9.17) is 18.9 Å². The largest absolute Gasteiger partial charge is 0.493 e.